The van der Waals surface area contributed by atoms with Gasteiger partial charge < -0.3 is 0 Å². The number of hydrogen-bond acceptors (Lipinski definition) is 2. The first-order chi connectivity index (χ1) is 8.11. The number of carbonyl (C=O) groups is 1. The number of halogens is 2. The van der Waals surface area contributed by atoms with Gasteiger partial charge in [-0.3, -0.25) is 9.89 Å². The minimum atomic E-state index is 0.508. The molecule has 0 atom stereocenters. The molecule has 0 fully saturated rings. The molecule has 17 heavy (non-hydrogen) atoms. The van der Waals surface area contributed by atoms with Crippen molar-refractivity contribution in [2.75, 3.05) is 0 Å². The first-order valence-corrected chi connectivity index (χ1v) is 5.80. The van der Waals surface area contributed by atoms with E-state index in [0.717, 1.165) is 17.5 Å². The van der Waals surface area contributed by atoms with E-state index >= 15 is 0 Å². The highest BCUT2D eigenvalue weighted by Crippen LogP contribution is 2.24. The van der Waals surface area contributed by atoms with Gasteiger partial charge in [0, 0.05) is 22.2 Å². The molecule has 0 radical (unpaired) electrons. The summed E-state index contributed by atoms with van der Waals surface area (Å²) in [6.07, 6.45) is 1.31. The third-order valence-corrected chi connectivity index (χ3v) is 3.15. The van der Waals surface area contributed by atoms with Crippen LogP contribution in [-0.4, -0.2) is 16.5 Å². The highest BCUT2D eigenvalue weighted by atomic mass is 35.5. The summed E-state index contributed by atoms with van der Waals surface area (Å²) >= 11 is 11.9. The van der Waals surface area contributed by atoms with Crippen molar-refractivity contribution in [3.05, 3.63) is 50.8 Å². The molecule has 2 aromatic rings. The molecule has 88 valence electrons. The van der Waals surface area contributed by atoms with E-state index in [4.69, 9.17) is 23.2 Å². The smallest absolute Gasteiger partial charge is 0.153 e. The number of carbonyl (C=O) groups excluding carboxylic acids is 1. The summed E-state index contributed by atoms with van der Waals surface area (Å²) < 4.78 is 0. The monoisotopic (exact) mass is 268 g/mol. The van der Waals surface area contributed by atoms with E-state index in [1.54, 1.807) is 12.1 Å². The van der Waals surface area contributed by atoms with Crippen LogP contribution in [0.5, 0.6) is 0 Å². The van der Waals surface area contributed by atoms with Gasteiger partial charge in [-0.2, -0.15) is 5.10 Å². The molecule has 0 aliphatic rings. The van der Waals surface area contributed by atoms with Crippen molar-refractivity contribution in [3.8, 4) is 0 Å². The van der Waals surface area contributed by atoms with E-state index in [-0.39, 0.29) is 0 Å². The summed E-state index contributed by atoms with van der Waals surface area (Å²) in [6, 6.07) is 5.28. The van der Waals surface area contributed by atoms with Gasteiger partial charge in [-0.1, -0.05) is 29.3 Å². The Morgan fingerprint density at radius 2 is 2.18 bits per heavy atom. The highest BCUT2D eigenvalue weighted by Gasteiger charge is 2.11. The zero-order valence-corrected chi connectivity index (χ0v) is 10.6. The van der Waals surface area contributed by atoms with E-state index in [9.17, 15) is 4.79 Å². The standard InChI is InChI=1S/C12H10Cl2N2O/c1-7-10(6-17)12(16-15-7)4-8-2-3-9(13)5-11(8)14/h2-3,5-6H,4H2,1H3,(H,15,16). The van der Waals surface area contributed by atoms with E-state index in [1.807, 2.05) is 13.0 Å². The van der Waals surface area contributed by atoms with Gasteiger partial charge in [-0.15, -0.1) is 0 Å². The molecule has 0 amide bonds. The molecule has 2 rings (SSSR count). The van der Waals surface area contributed by atoms with Crippen LogP contribution >= 0.6 is 23.2 Å². The molecule has 0 bridgehead atoms. The second-order valence-electron chi connectivity index (χ2n) is 3.74. The van der Waals surface area contributed by atoms with Crippen LogP contribution in [0.1, 0.15) is 27.3 Å². The van der Waals surface area contributed by atoms with Crippen molar-refractivity contribution in [1.82, 2.24) is 10.2 Å². The maximum atomic E-state index is 10.9. The van der Waals surface area contributed by atoms with Crippen molar-refractivity contribution in [1.29, 1.82) is 0 Å². The number of nitrogens with one attached hydrogen (secondary N) is 1. The predicted molar refractivity (Wildman–Crippen MR) is 68.0 cm³/mol. The summed E-state index contributed by atoms with van der Waals surface area (Å²) in [7, 11) is 0. The van der Waals surface area contributed by atoms with Gasteiger partial charge in [0.15, 0.2) is 6.29 Å². The van der Waals surface area contributed by atoms with Gasteiger partial charge in [0.1, 0.15) is 0 Å². The maximum Gasteiger partial charge on any atom is 0.153 e. The van der Waals surface area contributed by atoms with Crippen LogP contribution < -0.4 is 0 Å². The van der Waals surface area contributed by atoms with Gasteiger partial charge in [-0.05, 0) is 24.6 Å². The highest BCUT2D eigenvalue weighted by molar-refractivity contribution is 6.35. The number of nitrogens with zero attached hydrogens (tertiary/aromatic N) is 1. The second kappa shape index (κ2) is 4.90. The van der Waals surface area contributed by atoms with Crippen LogP contribution in [0.2, 0.25) is 10.0 Å². The Morgan fingerprint density at radius 1 is 1.41 bits per heavy atom. The van der Waals surface area contributed by atoms with Crippen LogP contribution in [0, 0.1) is 6.92 Å². The first kappa shape index (κ1) is 12.1. The van der Waals surface area contributed by atoms with Crippen LogP contribution in [0.3, 0.4) is 0 Å². The minimum absolute atomic E-state index is 0.508. The molecule has 1 heterocycles. The number of aromatic amines is 1. The zero-order valence-electron chi connectivity index (χ0n) is 9.13. The van der Waals surface area contributed by atoms with E-state index in [2.05, 4.69) is 10.2 Å². The van der Waals surface area contributed by atoms with Crippen LogP contribution in [0.25, 0.3) is 0 Å². The molecule has 0 saturated heterocycles. The number of aldehydes is 1. The average Bonchev–Trinajstić information content (AvgIpc) is 2.63. The van der Waals surface area contributed by atoms with Gasteiger partial charge in [0.2, 0.25) is 0 Å². The molecule has 0 aliphatic heterocycles. The largest absolute Gasteiger partial charge is 0.298 e. The Morgan fingerprint density at radius 3 is 2.82 bits per heavy atom. The van der Waals surface area contributed by atoms with Crippen LogP contribution in [-0.2, 0) is 6.42 Å². The fourth-order valence-electron chi connectivity index (χ4n) is 1.62. The Bertz CT molecular complexity index is 564. The summed E-state index contributed by atoms with van der Waals surface area (Å²) in [5.74, 6) is 0. The van der Waals surface area contributed by atoms with Gasteiger partial charge in [-0.25, -0.2) is 0 Å². The SMILES string of the molecule is Cc1[nH]nc(Cc2ccc(Cl)cc2Cl)c1C=O. The Balaban J connectivity index is 2.34. The normalized spacial score (nSPS) is 10.5. The number of benzene rings is 1. The lowest BCUT2D eigenvalue weighted by Gasteiger charge is -2.03. The fourth-order valence-corrected chi connectivity index (χ4v) is 2.10. The molecular formula is C12H10Cl2N2O. The summed E-state index contributed by atoms with van der Waals surface area (Å²) in [5, 5.41) is 8.06. The predicted octanol–water partition coefficient (Wildman–Crippen LogP) is 3.43. The topological polar surface area (TPSA) is 45.8 Å². The lowest BCUT2D eigenvalue weighted by Crippen LogP contribution is -1.94. The first-order valence-electron chi connectivity index (χ1n) is 5.04. The summed E-state index contributed by atoms with van der Waals surface area (Å²) in [6.45, 7) is 1.81. The molecule has 3 nitrogen and oxygen atoms in total. The molecule has 0 aliphatic carbocycles. The molecule has 0 unspecified atom stereocenters. The summed E-state index contributed by atoms with van der Waals surface area (Å²) in [4.78, 5) is 10.9. The Kier molecular flexibility index (Phi) is 3.50. The van der Waals surface area contributed by atoms with E-state index < -0.39 is 0 Å². The molecule has 1 N–H and O–H groups in total. The molecule has 1 aromatic heterocycles. The number of H-pyrrole nitrogens is 1. The van der Waals surface area contributed by atoms with E-state index in [1.165, 1.54) is 0 Å². The Labute approximate surface area is 109 Å². The van der Waals surface area contributed by atoms with Crippen molar-refractivity contribution in [3.63, 3.8) is 0 Å². The molecule has 0 saturated carbocycles. The van der Waals surface area contributed by atoms with Crippen molar-refractivity contribution in [2.24, 2.45) is 0 Å². The number of hydrogen-bond donors (Lipinski definition) is 1. The van der Waals surface area contributed by atoms with E-state index in [0.29, 0.717) is 27.7 Å². The lowest BCUT2D eigenvalue weighted by molar-refractivity contribution is 0.112. The number of aryl methyl sites for hydroxylation is 1. The molecule has 1 aromatic carbocycles. The third-order valence-electron chi connectivity index (χ3n) is 2.56. The van der Waals surface area contributed by atoms with Gasteiger partial charge in [0.05, 0.1) is 11.3 Å². The average molecular weight is 269 g/mol. The second-order valence-corrected chi connectivity index (χ2v) is 4.58. The minimum Gasteiger partial charge on any atom is -0.298 e. The quantitative estimate of drug-likeness (QED) is 0.867. The van der Waals surface area contributed by atoms with Gasteiger partial charge >= 0.3 is 0 Å². The molecular weight excluding hydrogens is 259 g/mol. The number of aromatic nitrogens is 2. The van der Waals surface area contributed by atoms with Crippen molar-refractivity contribution >= 4 is 29.5 Å². The molecule has 0 spiro atoms. The molecule has 5 heteroatoms. The Hall–Kier alpha value is -1.32. The fraction of sp³-hybridized carbons (Fsp3) is 0.167. The lowest BCUT2D eigenvalue weighted by atomic mass is 10.1. The van der Waals surface area contributed by atoms with Gasteiger partial charge in [0.25, 0.3) is 0 Å². The zero-order chi connectivity index (χ0) is 12.4. The van der Waals surface area contributed by atoms with Crippen LogP contribution in [0.4, 0.5) is 0 Å². The maximum absolute atomic E-state index is 10.9. The summed E-state index contributed by atoms with van der Waals surface area (Å²) in [5.41, 5.74) is 2.95. The third kappa shape index (κ3) is 2.51. The van der Waals surface area contributed by atoms with Crippen molar-refractivity contribution < 1.29 is 4.79 Å². The van der Waals surface area contributed by atoms with Crippen molar-refractivity contribution in [2.45, 2.75) is 13.3 Å². The number of rotatable bonds is 3. The van der Waals surface area contributed by atoms with Crippen LogP contribution in [0.15, 0.2) is 18.2 Å².